The van der Waals surface area contributed by atoms with Crippen LogP contribution in [0.1, 0.15) is 12.8 Å². The number of rotatable bonds is 3. The summed E-state index contributed by atoms with van der Waals surface area (Å²) in [5, 5.41) is 13.3. The summed E-state index contributed by atoms with van der Waals surface area (Å²) >= 11 is 0. The van der Waals surface area contributed by atoms with Crippen molar-refractivity contribution in [3.05, 3.63) is 24.3 Å². The van der Waals surface area contributed by atoms with Crippen LogP contribution < -0.4 is 10.2 Å². The molecule has 2 N–H and O–H groups in total. The number of benzene rings is 1. The van der Waals surface area contributed by atoms with Crippen LogP contribution in [-0.4, -0.2) is 40.7 Å². The first-order valence-electron chi connectivity index (χ1n) is 6.64. The van der Waals surface area contributed by atoms with Crippen LogP contribution in [-0.2, 0) is 4.79 Å². The van der Waals surface area contributed by atoms with Gasteiger partial charge in [-0.3, -0.25) is 0 Å². The summed E-state index contributed by atoms with van der Waals surface area (Å²) in [5.41, 5.74) is 0.817. The number of hydrogen-bond acceptors (Lipinski definition) is 5. The third kappa shape index (κ3) is 2.03. The molecule has 0 amide bonds. The molecule has 6 nitrogen and oxygen atoms in total. The molecule has 6 heteroatoms. The van der Waals surface area contributed by atoms with Gasteiger partial charge < -0.3 is 15.3 Å². The number of fused-ring (bicyclic) bond motifs is 1. The zero-order valence-corrected chi connectivity index (χ0v) is 11.2. The molecule has 0 saturated carbocycles. The smallest absolute Gasteiger partial charge is 0.326 e. The zero-order valence-electron chi connectivity index (χ0n) is 11.2. The van der Waals surface area contributed by atoms with Crippen LogP contribution in [0.5, 0.6) is 0 Å². The van der Waals surface area contributed by atoms with Crippen LogP contribution in [0.3, 0.4) is 0 Å². The molecule has 1 atom stereocenters. The highest BCUT2D eigenvalue weighted by Gasteiger charge is 2.32. The van der Waals surface area contributed by atoms with E-state index >= 15 is 0 Å². The van der Waals surface area contributed by atoms with Crippen LogP contribution in [0.4, 0.5) is 11.8 Å². The third-order valence-electron chi connectivity index (χ3n) is 3.62. The fourth-order valence-electron chi connectivity index (χ4n) is 2.65. The molecule has 0 bridgehead atoms. The number of nitrogens with one attached hydrogen (secondary N) is 1. The van der Waals surface area contributed by atoms with Gasteiger partial charge >= 0.3 is 5.97 Å². The van der Waals surface area contributed by atoms with E-state index in [-0.39, 0.29) is 0 Å². The van der Waals surface area contributed by atoms with Crippen LogP contribution in [0.2, 0.25) is 0 Å². The normalized spacial score (nSPS) is 18.4. The van der Waals surface area contributed by atoms with Crippen LogP contribution in [0, 0.1) is 0 Å². The van der Waals surface area contributed by atoms with Crippen molar-refractivity contribution in [2.45, 2.75) is 18.9 Å². The van der Waals surface area contributed by atoms with Crippen molar-refractivity contribution >= 4 is 28.6 Å². The molecule has 2 aromatic rings. The van der Waals surface area contributed by atoms with E-state index < -0.39 is 12.0 Å². The van der Waals surface area contributed by atoms with E-state index in [1.54, 1.807) is 11.9 Å². The minimum Gasteiger partial charge on any atom is -0.480 e. The van der Waals surface area contributed by atoms with Crippen molar-refractivity contribution in [1.82, 2.24) is 9.97 Å². The number of para-hydroxylation sites is 1. The van der Waals surface area contributed by atoms with Gasteiger partial charge in [0.25, 0.3) is 0 Å². The highest BCUT2D eigenvalue weighted by molar-refractivity contribution is 5.90. The molecule has 0 unspecified atom stereocenters. The Balaban J connectivity index is 2.10. The third-order valence-corrected chi connectivity index (χ3v) is 3.62. The summed E-state index contributed by atoms with van der Waals surface area (Å²) < 4.78 is 0. The maximum Gasteiger partial charge on any atom is 0.326 e. The van der Waals surface area contributed by atoms with Crippen LogP contribution >= 0.6 is 0 Å². The molecule has 1 aliphatic rings. The molecule has 0 aliphatic carbocycles. The molecule has 104 valence electrons. The Morgan fingerprint density at radius 1 is 1.40 bits per heavy atom. The molecule has 1 aromatic carbocycles. The maximum atomic E-state index is 11.3. The van der Waals surface area contributed by atoms with Crippen molar-refractivity contribution in [2.75, 3.05) is 23.8 Å². The Morgan fingerprint density at radius 3 is 2.95 bits per heavy atom. The number of nitrogens with zero attached hydrogens (tertiary/aromatic N) is 3. The van der Waals surface area contributed by atoms with E-state index in [4.69, 9.17) is 0 Å². The second kappa shape index (κ2) is 4.96. The number of hydrogen-bond donors (Lipinski definition) is 2. The molecule has 0 spiro atoms. The second-order valence-corrected chi connectivity index (χ2v) is 4.83. The Kier molecular flexibility index (Phi) is 3.14. The van der Waals surface area contributed by atoms with E-state index in [1.165, 1.54) is 0 Å². The minimum atomic E-state index is -0.815. The second-order valence-electron chi connectivity index (χ2n) is 4.83. The topological polar surface area (TPSA) is 78.4 Å². The molecule has 0 radical (unpaired) electrons. The number of aromatic nitrogens is 2. The van der Waals surface area contributed by atoms with Crippen LogP contribution in [0.15, 0.2) is 24.3 Å². The van der Waals surface area contributed by atoms with Gasteiger partial charge in [-0.05, 0) is 25.0 Å². The van der Waals surface area contributed by atoms with E-state index in [9.17, 15) is 9.90 Å². The number of carboxylic acid groups (broad SMARTS) is 1. The van der Waals surface area contributed by atoms with E-state index in [0.29, 0.717) is 18.9 Å². The summed E-state index contributed by atoms with van der Waals surface area (Å²) in [6.45, 7) is 0.679. The predicted molar refractivity (Wildman–Crippen MR) is 77.1 cm³/mol. The summed E-state index contributed by atoms with van der Waals surface area (Å²) in [7, 11) is 1.80. The summed E-state index contributed by atoms with van der Waals surface area (Å²) in [5.74, 6) is 0.393. The van der Waals surface area contributed by atoms with Crippen molar-refractivity contribution in [1.29, 1.82) is 0 Å². The number of carbonyl (C=O) groups is 1. The van der Waals surface area contributed by atoms with Gasteiger partial charge in [-0.25, -0.2) is 9.78 Å². The van der Waals surface area contributed by atoms with Crippen molar-refractivity contribution in [3.8, 4) is 0 Å². The Bertz CT molecular complexity index is 659. The van der Waals surface area contributed by atoms with Gasteiger partial charge in [0.05, 0.1) is 5.52 Å². The van der Waals surface area contributed by atoms with Gasteiger partial charge in [0.15, 0.2) is 0 Å². The van der Waals surface area contributed by atoms with Gasteiger partial charge in [0, 0.05) is 19.0 Å². The molecule has 3 rings (SSSR count). The minimum absolute atomic E-state index is 0.484. The lowest BCUT2D eigenvalue weighted by Gasteiger charge is -2.22. The standard InChI is InChI=1S/C14H16N4O2/c1-15-12-9-5-2-3-6-10(9)16-14(17-12)18-8-4-7-11(18)13(19)20/h2-3,5-6,11H,4,7-8H2,1H3,(H,19,20)(H,15,16,17)/t11-/m1/s1. The molecule has 2 heterocycles. The molecule has 1 saturated heterocycles. The van der Waals surface area contributed by atoms with Gasteiger partial charge in [0.2, 0.25) is 5.95 Å². The summed E-state index contributed by atoms with van der Waals surface area (Å²) in [6.07, 6.45) is 1.49. The SMILES string of the molecule is CNc1nc(N2CCC[C@@H]2C(=O)O)nc2ccccc12. The Morgan fingerprint density at radius 2 is 2.20 bits per heavy atom. The Hall–Kier alpha value is -2.37. The first-order chi connectivity index (χ1) is 9.70. The molecule has 20 heavy (non-hydrogen) atoms. The highest BCUT2D eigenvalue weighted by atomic mass is 16.4. The summed E-state index contributed by atoms with van der Waals surface area (Å²) in [4.78, 5) is 22.0. The lowest BCUT2D eigenvalue weighted by molar-refractivity contribution is -0.138. The number of anilines is 2. The quantitative estimate of drug-likeness (QED) is 0.886. The molecule has 1 aliphatic heterocycles. The van der Waals surface area contributed by atoms with Crippen molar-refractivity contribution in [2.24, 2.45) is 0 Å². The average Bonchev–Trinajstić information content (AvgIpc) is 2.95. The average molecular weight is 272 g/mol. The first-order valence-corrected chi connectivity index (χ1v) is 6.64. The zero-order chi connectivity index (χ0) is 14.1. The molecular weight excluding hydrogens is 256 g/mol. The fraction of sp³-hybridized carbons (Fsp3) is 0.357. The largest absolute Gasteiger partial charge is 0.480 e. The first kappa shape index (κ1) is 12.7. The number of aliphatic carboxylic acids is 1. The molecule has 1 fully saturated rings. The van der Waals surface area contributed by atoms with Gasteiger partial charge in [-0.15, -0.1) is 0 Å². The van der Waals surface area contributed by atoms with Gasteiger partial charge in [-0.2, -0.15) is 4.98 Å². The van der Waals surface area contributed by atoms with Gasteiger partial charge in [0.1, 0.15) is 11.9 Å². The van der Waals surface area contributed by atoms with E-state index in [2.05, 4.69) is 15.3 Å². The Labute approximate surface area is 116 Å². The fourth-order valence-corrected chi connectivity index (χ4v) is 2.65. The summed E-state index contributed by atoms with van der Waals surface area (Å²) in [6, 6.07) is 7.18. The maximum absolute atomic E-state index is 11.3. The predicted octanol–water partition coefficient (Wildman–Crippen LogP) is 1.72. The van der Waals surface area contributed by atoms with E-state index in [1.807, 2.05) is 24.3 Å². The number of carboxylic acids is 1. The van der Waals surface area contributed by atoms with Crippen molar-refractivity contribution in [3.63, 3.8) is 0 Å². The van der Waals surface area contributed by atoms with Crippen molar-refractivity contribution < 1.29 is 9.90 Å². The lowest BCUT2D eigenvalue weighted by atomic mass is 10.2. The van der Waals surface area contributed by atoms with E-state index in [0.717, 1.165) is 23.1 Å². The lowest BCUT2D eigenvalue weighted by Crippen LogP contribution is -2.37. The highest BCUT2D eigenvalue weighted by Crippen LogP contribution is 2.27. The molecular formula is C14H16N4O2. The molecule has 1 aromatic heterocycles. The van der Waals surface area contributed by atoms with Crippen LogP contribution in [0.25, 0.3) is 10.9 Å². The monoisotopic (exact) mass is 272 g/mol. The van der Waals surface area contributed by atoms with Gasteiger partial charge in [-0.1, -0.05) is 12.1 Å².